The van der Waals surface area contributed by atoms with E-state index < -0.39 is 0 Å². The van der Waals surface area contributed by atoms with Crippen LogP contribution in [0.2, 0.25) is 10.0 Å². The van der Waals surface area contributed by atoms with Crippen LogP contribution in [0.15, 0.2) is 18.2 Å². The van der Waals surface area contributed by atoms with Gasteiger partial charge in [0.15, 0.2) is 0 Å². The number of nitrogens with zero attached hydrogens (tertiary/aromatic N) is 2. The summed E-state index contributed by atoms with van der Waals surface area (Å²) in [5, 5.41) is 18.7. The van der Waals surface area contributed by atoms with Crippen LogP contribution in [0, 0.1) is 11.3 Å². The second kappa shape index (κ2) is 9.17. The van der Waals surface area contributed by atoms with E-state index in [-0.39, 0.29) is 6.61 Å². The molecule has 1 aromatic rings. The predicted molar refractivity (Wildman–Crippen MR) is 78.3 cm³/mol. The quantitative estimate of drug-likeness (QED) is 0.748. The lowest BCUT2D eigenvalue weighted by molar-refractivity contribution is 0.188. The van der Waals surface area contributed by atoms with Crippen LogP contribution in [0.1, 0.15) is 24.8 Å². The molecule has 1 aromatic carbocycles. The van der Waals surface area contributed by atoms with E-state index in [1.807, 2.05) is 12.1 Å². The highest BCUT2D eigenvalue weighted by Crippen LogP contribution is 2.23. The van der Waals surface area contributed by atoms with Gasteiger partial charge in [0.2, 0.25) is 0 Å². The summed E-state index contributed by atoms with van der Waals surface area (Å²) in [6.45, 7) is 2.33. The monoisotopic (exact) mass is 300 g/mol. The number of benzene rings is 1. The zero-order valence-corrected chi connectivity index (χ0v) is 12.3. The number of unbranched alkanes of at least 4 members (excludes halogenated alkanes) is 2. The largest absolute Gasteiger partial charge is 0.395 e. The fourth-order valence-electron chi connectivity index (χ4n) is 1.85. The normalized spacial score (nSPS) is 10.7. The van der Waals surface area contributed by atoms with E-state index >= 15 is 0 Å². The first kappa shape index (κ1) is 16.3. The first-order chi connectivity index (χ1) is 9.17. The maximum absolute atomic E-state index is 9.07. The molecule has 3 nitrogen and oxygen atoms in total. The maximum Gasteiger partial charge on any atom is 0.0621 e. The summed E-state index contributed by atoms with van der Waals surface area (Å²) in [6, 6.07) is 7.71. The Morgan fingerprint density at radius 3 is 2.58 bits per heavy atom. The lowest BCUT2D eigenvalue weighted by Gasteiger charge is -2.21. The molecule has 0 aliphatic carbocycles. The fraction of sp³-hybridized carbons (Fsp3) is 0.500. The Balaban J connectivity index is 2.52. The topological polar surface area (TPSA) is 47.3 Å². The van der Waals surface area contributed by atoms with Gasteiger partial charge in [-0.05, 0) is 37.1 Å². The molecule has 0 fully saturated rings. The van der Waals surface area contributed by atoms with Crippen molar-refractivity contribution in [1.82, 2.24) is 4.90 Å². The lowest BCUT2D eigenvalue weighted by Crippen LogP contribution is -2.27. The van der Waals surface area contributed by atoms with Crippen molar-refractivity contribution in [3.63, 3.8) is 0 Å². The Kier molecular flexibility index (Phi) is 7.85. The predicted octanol–water partition coefficient (Wildman–Crippen LogP) is 3.48. The van der Waals surface area contributed by atoms with Gasteiger partial charge in [-0.25, -0.2) is 0 Å². The SMILES string of the molecule is N#CCCCCN(CCO)Cc1ccc(Cl)c(Cl)c1. The van der Waals surface area contributed by atoms with E-state index in [4.69, 9.17) is 33.6 Å². The second-order valence-electron chi connectivity index (χ2n) is 4.36. The fourth-order valence-corrected chi connectivity index (χ4v) is 2.17. The van der Waals surface area contributed by atoms with Crippen molar-refractivity contribution in [3.05, 3.63) is 33.8 Å². The van der Waals surface area contributed by atoms with E-state index in [2.05, 4.69) is 11.0 Å². The highest BCUT2D eigenvalue weighted by molar-refractivity contribution is 6.42. The minimum Gasteiger partial charge on any atom is -0.395 e. The molecule has 0 saturated heterocycles. The van der Waals surface area contributed by atoms with E-state index in [0.29, 0.717) is 23.0 Å². The third-order valence-electron chi connectivity index (χ3n) is 2.82. The number of hydrogen-bond donors (Lipinski definition) is 1. The maximum atomic E-state index is 9.07. The van der Waals surface area contributed by atoms with Crippen LogP contribution in [-0.4, -0.2) is 29.7 Å². The van der Waals surface area contributed by atoms with Crippen LogP contribution in [0.25, 0.3) is 0 Å². The van der Waals surface area contributed by atoms with Gasteiger partial charge in [0.05, 0.1) is 22.7 Å². The molecule has 0 amide bonds. The summed E-state index contributed by atoms with van der Waals surface area (Å²) >= 11 is 11.9. The lowest BCUT2D eigenvalue weighted by atomic mass is 10.2. The van der Waals surface area contributed by atoms with Crippen molar-refractivity contribution in [2.24, 2.45) is 0 Å². The molecule has 19 heavy (non-hydrogen) atoms. The smallest absolute Gasteiger partial charge is 0.0621 e. The molecule has 0 aliphatic heterocycles. The number of nitriles is 1. The Labute approximate surface area is 124 Å². The first-order valence-electron chi connectivity index (χ1n) is 6.31. The highest BCUT2D eigenvalue weighted by Gasteiger charge is 2.07. The van der Waals surface area contributed by atoms with Crippen molar-refractivity contribution in [1.29, 1.82) is 5.26 Å². The van der Waals surface area contributed by atoms with Gasteiger partial charge in [0.1, 0.15) is 0 Å². The Morgan fingerprint density at radius 1 is 1.16 bits per heavy atom. The molecule has 0 aliphatic rings. The second-order valence-corrected chi connectivity index (χ2v) is 5.18. The summed E-state index contributed by atoms with van der Waals surface area (Å²) in [4.78, 5) is 2.15. The summed E-state index contributed by atoms with van der Waals surface area (Å²) in [7, 11) is 0. The van der Waals surface area contributed by atoms with E-state index in [1.54, 1.807) is 6.07 Å². The van der Waals surface area contributed by atoms with Crippen molar-refractivity contribution in [2.45, 2.75) is 25.8 Å². The van der Waals surface area contributed by atoms with Crippen LogP contribution in [0.5, 0.6) is 0 Å². The summed E-state index contributed by atoms with van der Waals surface area (Å²) in [5.41, 5.74) is 1.07. The van der Waals surface area contributed by atoms with E-state index in [0.717, 1.165) is 31.5 Å². The van der Waals surface area contributed by atoms with Gasteiger partial charge in [-0.1, -0.05) is 29.3 Å². The zero-order chi connectivity index (χ0) is 14.1. The van der Waals surface area contributed by atoms with Crippen molar-refractivity contribution in [2.75, 3.05) is 19.7 Å². The minimum absolute atomic E-state index is 0.125. The van der Waals surface area contributed by atoms with Crippen molar-refractivity contribution < 1.29 is 5.11 Å². The highest BCUT2D eigenvalue weighted by atomic mass is 35.5. The molecule has 1 N–H and O–H groups in total. The number of aliphatic hydroxyl groups excluding tert-OH is 1. The van der Waals surface area contributed by atoms with E-state index in [9.17, 15) is 0 Å². The van der Waals surface area contributed by atoms with Crippen LogP contribution in [-0.2, 0) is 6.54 Å². The van der Waals surface area contributed by atoms with Gasteiger partial charge >= 0.3 is 0 Å². The summed E-state index contributed by atoms with van der Waals surface area (Å²) in [5.74, 6) is 0. The molecule has 0 spiro atoms. The number of aliphatic hydroxyl groups is 1. The molecule has 0 radical (unpaired) electrons. The zero-order valence-electron chi connectivity index (χ0n) is 10.8. The molecule has 0 aromatic heterocycles. The molecule has 5 heteroatoms. The first-order valence-corrected chi connectivity index (χ1v) is 7.07. The Hall–Kier alpha value is -0.790. The molecule has 0 unspecified atom stereocenters. The molecule has 0 atom stereocenters. The Bertz CT molecular complexity index is 432. The third-order valence-corrected chi connectivity index (χ3v) is 3.56. The minimum atomic E-state index is 0.125. The average Bonchev–Trinajstić information content (AvgIpc) is 2.39. The molecule has 0 saturated carbocycles. The molecule has 0 heterocycles. The summed E-state index contributed by atoms with van der Waals surface area (Å²) < 4.78 is 0. The average molecular weight is 301 g/mol. The number of rotatable bonds is 8. The van der Waals surface area contributed by atoms with E-state index in [1.165, 1.54) is 0 Å². The van der Waals surface area contributed by atoms with Gasteiger partial charge in [0, 0.05) is 19.5 Å². The van der Waals surface area contributed by atoms with Gasteiger partial charge in [-0.15, -0.1) is 0 Å². The number of halogens is 2. The van der Waals surface area contributed by atoms with Gasteiger partial charge in [-0.3, -0.25) is 4.90 Å². The van der Waals surface area contributed by atoms with Crippen LogP contribution in [0.4, 0.5) is 0 Å². The molecule has 0 bridgehead atoms. The van der Waals surface area contributed by atoms with Crippen LogP contribution >= 0.6 is 23.2 Å². The van der Waals surface area contributed by atoms with Crippen LogP contribution in [0.3, 0.4) is 0 Å². The summed E-state index contributed by atoms with van der Waals surface area (Å²) in [6.07, 6.45) is 2.43. The van der Waals surface area contributed by atoms with Gasteiger partial charge in [0.25, 0.3) is 0 Å². The standard InChI is InChI=1S/C14H18Cl2N2O/c15-13-5-4-12(10-14(13)16)11-18(8-9-19)7-3-1-2-6-17/h4-5,10,19H,1-3,7-9,11H2. The van der Waals surface area contributed by atoms with Crippen molar-refractivity contribution in [3.8, 4) is 6.07 Å². The molecule has 1 rings (SSSR count). The molecule has 104 valence electrons. The number of hydrogen-bond acceptors (Lipinski definition) is 3. The molecular formula is C14H18Cl2N2O. The van der Waals surface area contributed by atoms with Gasteiger partial charge < -0.3 is 5.11 Å². The third kappa shape index (κ3) is 6.26. The molecular weight excluding hydrogens is 283 g/mol. The van der Waals surface area contributed by atoms with Crippen LogP contribution < -0.4 is 0 Å². The van der Waals surface area contributed by atoms with Crippen molar-refractivity contribution >= 4 is 23.2 Å². The Morgan fingerprint density at radius 2 is 1.95 bits per heavy atom. The van der Waals surface area contributed by atoms with Gasteiger partial charge in [-0.2, -0.15) is 5.26 Å².